The lowest BCUT2D eigenvalue weighted by atomic mass is 9.95. The van der Waals surface area contributed by atoms with E-state index in [0.29, 0.717) is 31.5 Å². The van der Waals surface area contributed by atoms with Crippen molar-refractivity contribution in [2.24, 2.45) is 5.92 Å². The third-order valence-electron chi connectivity index (χ3n) is 3.98. The summed E-state index contributed by atoms with van der Waals surface area (Å²) in [4.78, 5) is 36.7. The number of carboxylic acids is 1. The van der Waals surface area contributed by atoms with Crippen LogP contribution in [0.2, 0.25) is 0 Å². The first kappa shape index (κ1) is 16.0. The van der Waals surface area contributed by atoms with E-state index in [0.717, 1.165) is 0 Å². The van der Waals surface area contributed by atoms with Crippen molar-refractivity contribution in [1.82, 2.24) is 10.2 Å². The zero-order valence-electron chi connectivity index (χ0n) is 12.5. The van der Waals surface area contributed by atoms with E-state index in [1.165, 1.54) is 6.92 Å². The lowest BCUT2D eigenvalue weighted by Crippen LogP contribution is -2.44. The molecule has 0 aliphatic carbocycles. The van der Waals surface area contributed by atoms with Crippen LogP contribution in [0.15, 0.2) is 30.3 Å². The SMILES string of the molecule is CC(=O)N1CCC(C(=O)NC(C(=O)O)c2ccccc2)CC1. The number of benzene rings is 1. The summed E-state index contributed by atoms with van der Waals surface area (Å²) >= 11 is 0. The number of rotatable bonds is 4. The number of aliphatic carboxylic acids is 1. The molecule has 2 amide bonds. The molecule has 1 unspecified atom stereocenters. The van der Waals surface area contributed by atoms with E-state index in [1.807, 2.05) is 0 Å². The van der Waals surface area contributed by atoms with E-state index in [1.54, 1.807) is 35.2 Å². The fourth-order valence-corrected chi connectivity index (χ4v) is 2.65. The van der Waals surface area contributed by atoms with Gasteiger partial charge in [-0.25, -0.2) is 4.79 Å². The summed E-state index contributed by atoms with van der Waals surface area (Å²) in [6.07, 6.45) is 1.12. The van der Waals surface area contributed by atoms with Gasteiger partial charge in [-0.1, -0.05) is 30.3 Å². The highest BCUT2D eigenvalue weighted by atomic mass is 16.4. The molecule has 1 aliphatic rings. The molecule has 118 valence electrons. The quantitative estimate of drug-likeness (QED) is 0.874. The summed E-state index contributed by atoms with van der Waals surface area (Å²) < 4.78 is 0. The molecular weight excluding hydrogens is 284 g/mol. The summed E-state index contributed by atoms with van der Waals surface area (Å²) in [6, 6.07) is 7.58. The molecule has 0 aromatic heterocycles. The van der Waals surface area contributed by atoms with Gasteiger partial charge in [0.1, 0.15) is 0 Å². The van der Waals surface area contributed by atoms with Gasteiger partial charge in [-0.05, 0) is 18.4 Å². The average Bonchev–Trinajstić information content (AvgIpc) is 2.53. The van der Waals surface area contributed by atoms with Crippen molar-refractivity contribution in [1.29, 1.82) is 0 Å². The van der Waals surface area contributed by atoms with Crippen molar-refractivity contribution >= 4 is 17.8 Å². The number of nitrogens with zero attached hydrogens (tertiary/aromatic N) is 1. The van der Waals surface area contributed by atoms with Gasteiger partial charge in [0.05, 0.1) is 0 Å². The first-order chi connectivity index (χ1) is 10.5. The molecule has 2 rings (SSSR count). The molecule has 1 aromatic carbocycles. The van der Waals surface area contributed by atoms with Gasteiger partial charge in [0, 0.05) is 25.9 Å². The normalized spacial score (nSPS) is 16.9. The summed E-state index contributed by atoms with van der Waals surface area (Å²) in [5.41, 5.74) is 0.546. The second-order valence-electron chi connectivity index (χ2n) is 5.47. The van der Waals surface area contributed by atoms with Crippen molar-refractivity contribution in [3.8, 4) is 0 Å². The van der Waals surface area contributed by atoms with Crippen LogP contribution in [0.3, 0.4) is 0 Å². The number of likely N-dealkylation sites (tertiary alicyclic amines) is 1. The summed E-state index contributed by atoms with van der Waals surface area (Å²) in [5.74, 6) is -1.59. The lowest BCUT2D eigenvalue weighted by Gasteiger charge is -2.31. The molecular formula is C16H20N2O4. The van der Waals surface area contributed by atoms with Crippen molar-refractivity contribution < 1.29 is 19.5 Å². The molecule has 1 saturated heterocycles. The van der Waals surface area contributed by atoms with E-state index in [-0.39, 0.29) is 17.7 Å². The van der Waals surface area contributed by atoms with Gasteiger partial charge in [0.25, 0.3) is 0 Å². The summed E-state index contributed by atoms with van der Waals surface area (Å²) in [6.45, 7) is 2.59. The third-order valence-corrected chi connectivity index (χ3v) is 3.98. The molecule has 0 radical (unpaired) electrons. The molecule has 1 aromatic rings. The number of carbonyl (C=O) groups excluding carboxylic acids is 2. The largest absolute Gasteiger partial charge is 0.479 e. The van der Waals surface area contributed by atoms with Crippen LogP contribution in [0.5, 0.6) is 0 Å². The van der Waals surface area contributed by atoms with Gasteiger partial charge in [-0.15, -0.1) is 0 Å². The minimum atomic E-state index is -1.08. The van der Waals surface area contributed by atoms with Crippen LogP contribution in [0.4, 0.5) is 0 Å². The highest BCUT2D eigenvalue weighted by molar-refractivity contribution is 5.86. The van der Waals surface area contributed by atoms with Gasteiger partial charge < -0.3 is 15.3 Å². The number of nitrogens with one attached hydrogen (secondary N) is 1. The molecule has 0 bridgehead atoms. The number of piperidine rings is 1. The van der Waals surface area contributed by atoms with Crippen molar-refractivity contribution in [3.05, 3.63) is 35.9 Å². The average molecular weight is 304 g/mol. The Bertz CT molecular complexity index is 551. The molecule has 2 N–H and O–H groups in total. The predicted molar refractivity (Wildman–Crippen MR) is 79.9 cm³/mol. The maximum atomic E-state index is 12.3. The predicted octanol–water partition coefficient (Wildman–Crippen LogP) is 1.19. The second-order valence-corrected chi connectivity index (χ2v) is 5.47. The minimum Gasteiger partial charge on any atom is -0.479 e. The van der Waals surface area contributed by atoms with Crippen molar-refractivity contribution in [2.45, 2.75) is 25.8 Å². The van der Waals surface area contributed by atoms with Crippen LogP contribution in [0.1, 0.15) is 31.4 Å². The van der Waals surface area contributed by atoms with E-state index in [2.05, 4.69) is 5.32 Å². The zero-order chi connectivity index (χ0) is 16.1. The molecule has 0 saturated carbocycles. The monoisotopic (exact) mass is 304 g/mol. The van der Waals surface area contributed by atoms with E-state index >= 15 is 0 Å². The van der Waals surface area contributed by atoms with E-state index in [9.17, 15) is 19.5 Å². The molecule has 1 aliphatic heterocycles. The van der Waals surface area contributed by atoms with Crippen LogP contribution < -0.4 is 5.32 Å². The lowest BCUT2D eigenvalue weighted by molar-refractivity contribution is -0.143. The number of hydrogen-bond acceptors (Lipinski definition) is 3. The fraction of sp³-hybridized carbons (Fsp3) is 0.438. The Morgan fingerprint density at radius 3 is 2.27 bits per heavy atom. The number of amides is 2. The Morgan fingerprint density at radius 1 is 1.18 bits per heavy atom. The number of carboxylic acid groups (broad SMARTS) is 1. The Kier molecular flexibility index (Phi) is 5.14. The molecule has 22 heavy (non-hydrogen) atoms. The van der Waals surface area contributed by atoms with E-state index in [4.69, 9.17) is 0 Å². The second kappa shape index (κ2) is 7.06. The molecule has 1 fully saturated rings. The van der Waals surface area contributed by atoms with Gasteiger partial charge in [-0.3, -0.25) is 9.59 Å². The smallest absolute Gasteiger partial charge is 0.330 e. The molecule has 6 nitrogen and oxygen atoms in total. The highest BCUT2D eigenvalue weighted by Gasteiger charge is 2.29. The number of hydrogen-bond donors (Lipinski definition) is 2. The van der Waals surface area contributed by atoms with Crippen LogP contribution in [0.25, 0.3) is 0 Å². The third kappa shape index (κ3) is 3.84. The van der Waals surface area contributed by atoms with Crippen LogP contribution in [-0.2, 0) is 14.4 Å². The summed E-state index contributed by atoms with van der Waals surface area (Å²) in [5, 5.41) is 11.9. The first-order valence-electron chi connectivity index (χ1n) is 7.32. The van der Waals surface area contributed by atoms with Crippen molar-refractivity contribution in [2.75, 3.05) is 13.1 Å². The van der Waals surface area contributed by atoms with Crippen molar-refractivity contribution in [3.63, 3.8) is 0 Å². The highest BCUT2D eigenvalue weighted by Crippen LogP contribution is 2.20. The van der Waals surface area contributed by atoms with Crippen LogP contribution in [0, 0.1) is 5.92 Å². The first-order valence-corrected chi connectivity index (χ1v) is 7.32. The van der Waals surface area contributed by atoms with Crippen LogP contribution in [-0.4, -0.2) is 40.9 Å². The molecule has 6 heteroatoms. The molecule has 0 spiro atoms. The number of carbonyl (C=O) groups is 3. The Labute approximate surface area is 129 Å². The van der Waals surface area contributed by atoms with Gasteiger partial charge in [0.15, 0.2) is 6.04 Å². The van der Waals surface area contributed by atoms with Crippen LogP contribution >= 0.6 is 0 Å². The standard InChI is InChI=1S/C16H20N2O4/c1-11(19)18-9-7-13(8-10-18)15(20)17-14(16(21)22)12-5-3-2-4-6-12/h2-6,13-14H,7-10H2,1H3,(H,17,20)(H,21,22). The summed E-state index contributed by atoms with van der Waals surface area (Å²) in [7, 11) is 0. The Hall–Kier alpha value is -2.37. The minimum absolute atomic E-state index is 0.00607. The van der Waals surface area contributed by atoms with Gasteiger partial charge in [0.2, 0.25) is 11.8 Å². The molecule has 1 atom stereocenters. The van der Waals surface area contributed by atoms with E-state index < -0.39 is 12.0 Å². The fourth-order valence-electron chi connectivity index (χ4n) is 2.65. The molecule has 1 heterocycles. The van der Waals surface area contributed by atoms with Gasteiger partial charge >= 0.3 is 5.97 Å². The topological polar surface area (TPSA) is 86.7 Å². The van der Waals surface area contributed by atoms with Gasteiger partial charge in [-0.2, -0.15) is 0 Å². The maximum Gasteiger partial charge on any atom is 0.330 e. The Balaban J connectivity index is 1.98. The Morgan fingerprint density at radius 2 is 1.77 bits per heavy atom. The maximum absolute atomic E-state index is 12.3. The zero-order valence-corrected chi connectivity index (χ0v) is 12.5.